The standard InChI is InChI=1S/C22H22N2O7/c1-27-17-12-14(7-8-15(17)24-22(26)16-6-5-9-31-16)23-21(25)13-10-18(28-2)20(30-4)19(11-13)29-3/h5-12H,1-4H3,(H,23,25)(H,24,26). The maximum atomic E-state index is 12.8. The van der Waals surface area contributed by atoms with Crippen LogP contribution in [0.25, 0.3) is 0 Å². The molecule has 2 amide bonds. The second-order valence-corrected chi connectivity index (χ2v) is 6.21. The molecule has 0 atom stereocenters. The van der Waals surface area contributed by atoms with Crippen LogP contribution in [0.1, 0.15) is 20.9 Å². The molecule has 0 fully saturated rings. The first-order chi connectivity index (χ1) is 15.0. The Labute approximate surface area is 178 Å². The molecule has 2 aromatic carbocycles. The van der Waals surface area contributed by atoms with E-state index < -0.39 is 11.8 Å². The van der Waals surface area contributed by atoms with Crippen molar-refractivity contribution in [3.05, 3.63) is 60.1 Å². The molecular formula is C22H22N2O7. The van der Waals surface area contributed by atoms with E-state index in [4.69, 9.17) is 23.4 Å². The Hall–Kier alpha value is -4.14. The van der Waals surface area contributed by atoms with E-state index in [0.29, 0.717) is 39.9 Å². The van der Waals surface area contributed by atoms with Gasteiger partial charge in [-0.3, -0.25) is 9.59 Å². The van der Waals surface area contributed by atoms with Gasteiger partial charge >= 0.3 is 0 Å². The highest BCUT2D eigenvalue weighted by atomic mass is 16.5. The van der Waals surface area contributed by atoms with Gasteiger partial charge in [0.25, 0.3) is 11.8 Å². The van der Waals surface area contributed by atoms with Gasteiger partial charge < -0.3 is 34.0 Å². The molecule has 0 unspecified atom stereocenters. The maximum absolute atomic E-state index is 12.8. The maximum Gasteiger partial charge on any atom is 0.291 e. The average Bonchev–Trinajstić information content (AvgIpc) is 3.34. The Morgan fingerprint density at radius 2 is 1.45 bits per heavy atom. The SMILES string of the molecule is COc1cc(NC(=O)c2cc(OC)c(OC)c(OC)c2)ccc1NC(=O)c1ccco1. The largest absolute Gasteiger partial charge is 0.494 e. The summed E-state index contributed by atoms with van der Waals surface area (Å²) < 4.78 is 26.3. The summed E-state index contributed by atoms with van der Waals surface area (Å²) in [5.74, 6) is 0.830. The highest BCUT2D eigenvalue weighted by molar-refractivity contribution is 6.06. The Morgan fingerprint density at radius 3 is 2.00 bits per heavy atom. The number of amides is 2. The summed E-state index contributed by atoms with van der Waals surface area (Å²) in [5.41, 5.74) is 1.20. The van der Waals surface area contributed by atoms with Crippen LogP contribution in [0.2, 0.25) is 0 Å². The first-order valence-electron chi connectivity index (χ1n) is 9.15. The molecule has 9 heteroatoms. The predicted molar refractivity (Wildman–Crippen MR) is 114 cm³/mol. The molecule has 1 aromatic heterocycles. The van der Waals surface area contributed by atoms with Gasteiger partial charge in [-0.05, 0) is 36.4 Å². The van der Waals surface area contributed by atoms with E-state index in [9.17, 15) is 9.59 Å². The van der Waals surface area contributed by atoms with Gasteiger partial charge in [-0.15, -0.1) is 0 Å². The Balaban J connectivity index is 1.81. The lowest BCUT2D eigenvalue weighted by molar-refractivity contribution is 0.0994. The Morgan fingerprint density at radius 1 is 0.774 bits per heavy atom. The van der Waals surface area contributed by atoms with E-state index >= 15 is 0 Å². The summed E-state index contributed by atoms with van der Waals surface area (Å²) in [6.07, 6.45) is 1.41. The van der Waals surface area contributed by atoms with Crippen molar-refractivity contribution >= 4 is 23.2 Å². The molecule has 0 aliphatic rings. The molecule has 0 spiro atoms. The molecule has 0 saturated heterocycles. The van der Waals surface area contributed by atoms with Crippen LogP contribution >= 0.6 is 0 Å². The number of anilines is 2. The number of benzene rings is 2. The second kappa shape index (κ2) is 9.57. The van der Waals surface area contributed by atoms with Crippen molar-refractivity contribution in [3.63, 3.8) is 0 Å². The number of hydrogen-bond acceptors (Lipinski definition) is 7. The first kappa shape index (κ1) is 21.6. The van der Waals surface area contributed by atoms with Crippen molar-refractivity contribution in [1.82, 2.24) is 0 Å². The van der Waals surface area contributed by atoms with Gasteiger partial charge in [-0.25, -0.2) is 0 Å². The fourth-order valence-electron chi connectivity index (χ4n) is 2.88. The molecule has 0 aliphatic carbocycles. The molecule has 3 rings (SSSR count). The van der Waals surface area contributed by atoms with E-state index in [1.807, 2.05) is 0 Å². The van der Waals surface area contributed by atoms with E-state index in [2.05, 4.69) is 10.6 Å². The van der Waals surface area contributed by atoms with Crippen molar-refractivity contribution in [1.29, 1.82) is 0 Å². The lowest BCUT2D eigenvalue weighted by Gasteiger charge is -2.15. The molecule has 0 aliphatic heterocycles. The van der Waals surface area contributed by atoms with Gasteiger partial charge in [0.2, 0.25) is 5.75 Å². The molecule has 162 valence electrons. The molecule has 2 N–H and O–H groups in total. The van der Waals surface area contributed by atoms with Crippen LogP contribution in [0.4, 0.5) is 11.4 Å². The fraction of sp³-hybridized carbons (Fsp3) is 0.182. The minimum Gasteiger partial charge on any atom is -0.494 e. The van der Waals surface area contributed by atoms with E-state index in [1.165, 1.54) is 34.7 Å². The zero-order chi connectivity index (χ0) is 22.4. The van der Waals surface area contributed by atoms with Gasteiger partial charge in [0.15, 0.2) is 17.3 Å². The van der Waals surface area contributed by atoms with Crippen molar-refractivity contribution in [2.45, 2.75) is 0 Å². The second-order valence-electron chi connectivity index (χ2n) is 6.21. The molecule has 31 heavy (non-hydrogen) atoms. The van der Waals surface area contributed by atoms with Crippen LogP contribution < -0.4 is 29.6 Å². The summed E-state index contributed by atoms with van der Waals surface area (Å²) in [7, 11) is 5.89. The highest BCUT2D eigenvalue weighted by Crippen LogP contribution is 2.38. The number of carbonyl (C=O) groups is 2. The number of ether oxygens (including phenoxy) is 4. The van der Waals surface area contributed by atoms with Gasteiger partial charge in [-0.2, -0.15) is 0 Å². The third kappa shape index (κ3) is 4.72. The summed E-state index contributed by atoms with van der Waals surface area (Å²) in [6, 6.07) is 11.1. The van der Waals surface area contributed by atoms with Crippen LogP contribution in [0, 0.1) is 0 Å². The first-order valence-corrected chi connectivity index (χ1v) is 9.15. The molecule has 9 nitrogen and oxygen atoms in total. The lowest BCUT2D eigenvalue weighted by Crippen LogP contribution is -2.14. The van der Waals surface area contributed by atoms with Crippen LogP contribution in [-0.2, 0) is 0 Å². The number of furan rings is 1. The zero-order valence-corrected chi connectivity index (χ0v) is 17.5. The van der Waals surface area contributed by atoms with Crippen LogP contribution in [0.15, 0.2) is 53.1 Å². The van der Waals surface area contributed by atoms with Gasteiger partial charge in [0.1, 0.15) is 5.75 Å². The molecule has 0 saturated carbocycles. The summed E-state index contributed by atoms with van der Waals surface area (Å²) in [5, 5.41) is 5.48. The molecule has 0 bridgehead atoms. The summed E-state index contributed by atoms with van der Waals surface area (Å²) in [4.78, 5) is 25.0. The third-order valence-electron chi connectivity index (χ3n) is 4.38. The van der Waals surface area contributed by atoms with Gasteiger partial charge in [0.05, 0.1) is 40.4 Å². The van der Waals surface area contributed by atoms with Gasteiger partial charge in [0, 0.05) is 17.3 Å². The van der Waals surface area contributed by atoms with E-state index in [0.717, 1.165) is 0 Å². The number of rotatable bonds is 8. The Bertz CT molecular complexity index is 1050. The highest BCUT2D eigenvalue weighted by Gasteiger charge is 2.18. The molecular weight excluding hydrogens is 404 g/mol. The molecule has 0 radical (unpaired) electrons. The van der Waals surface area contributed by atoms with Crippen LogP contribution in [-0.4, -0.2) is 40.3 Å². The van der Waals surface area contributed by atoms with Crippen LogP contribution in [0.5, 0.6) is 23.0 Å². The predicted octanol–water partition coefficient (Wildman–Crippen LogP) is 3.82. The fourth-order valence-corrected chi connectivity index (χ4v) is 2.88. The quantitative estimate of drug-likeness (QED) is 0.564. The average molecular weight is 426 g/mol. The minimum absolute atomic E-state index is 0.168. The van der Waals surface area contributed by atoms with E-state index in [1.54, 1.807) is 42.5 Å². The van der Waals surface area contributed by atoms with Crippen molar-refractivity contribution in [2.24, 2.45) is 0 Å². The number of carbonyl (C=O) groups excluding carboxylic acids is 2. The smallest absolute Gasteiger partial charge is 0.291 e. The lowest BCUT2D eigenvalue weighted by atomic mass is 10.1. The number of methoxy groups -OCH3 is 4. The number of hydrogen-bond donors (Lipinski definition) is 2. The van der Waals surface area contributed by atoms with Crippen LogP contribution in [0.3, 0.4) is 0 Å². The van der Waals surface area contributed by atoms with Gasteiger partial charge in [-0.1, -0.05) is 0 Å². The monoisotopic (exact) mass is 426 g/mol. The zero-order valence-electron chi connectivity index (χ0n) is 17.5. The van der Waals surface area contributed by atoms with Crippen molar-refractivity contribution < 1.29 is 33.0 Å². The third-order valence-corrected chi connectivity index (χ3v) is 4.38. The van der Waals surface area contributed by atoms with Crippen molar-refractivity contribution in [3.8, 4) is 23.0 Å². The normalized spacial score (nSPS) is 10.2. The summed E-state index contributed by atoms with van der Waals surface area (Å²) >= 11 is 0. The summed E-state index contributed by atoms with van der Waals surface area (Å²) in [6.45, 7) is 0. The number of nitrogens with one attached hydrogen (secondary N) is 2. The molecule has 3 aromatic rings. The van der Waals surface area contributed by atoms with Crippen molar-refractivity contribution in [2.75, 3.05) is 39.1 Å². The minimum atomic E-state index is -0.419. The Kier molecular flexibility index (Phi) is 6.66. The molecule has 1 heterocycles. The topological polar surface area (TPSA) is 108 Å². The van der Waals surface area contributed by atoms with E-state index in [-0.39, 0.29) is 5.76 Å².